The molecule has 3 nitrogen and oxygen atoms in total. The highest BCUT2D eigenvalue weighted by Crippen LogP contribution is 2.37. The van der Waals surface area contributed by atoms with E-state index >= 15 is 0 Å². The lowest BCUT2D eigenvalue weighted by Crippen LogP contribution is -2.05. The number of thiazole rings is 1. The molecular weight excluding hydrogens is 304 g/mol. The van der Waals surface area contributed by atoms with Crippen LogP contribution < -0.4 is 0 Å². The Balaban J connectivity index is 1.78. The van der Waals surface area contributed by atoms with E-state index in [1.807, 2.05) is 13.1 Å². The van der Waals surface area contributed by atoms with Crippen LogP contribution in [0, 0.1) is 12.8 Å². The number of allylic oxidation sites excluding steroid dienone is 2. The van der Waals surface area contributed by atoms with Gasteiger partial charge in [0.15, 0.2) is 5.78 Å². The van der Waals surface area contributed by atoms with Crippen molar-refractivity contribution in [1.82, 2.24) is 9.97 Å². The average molecular weight is 326 g/mol. The van der Waals surface area contributed by atoms with Gasteiger partial charge >= 0.3 is 0 Å². The maximum Gasteiger partial charge on any atom is 0.170 e. The van der Waals surface area contributed by atoms with Crippen LogP contribution in [0.5, 0.6) is 0 Å². The largest absolute Gasteiger partial charge is 0.294 e. The van der Waals surface area contributed by atoms with Crippen LogP contribution in [0.3, 0.4) is 0 Å². The fourth-order valence-corrected chi connectivity index (χ4v) is 4.15. The molecule has 0 radical (unpaired) electrons. The summed E-state index contributed by atoms with van der Waals surface area (Å²) in [6, 6.07) is 1.79. The van der Waals surface area contributed by atoms with Crippen molar-refractivity contribution in [2.45, 2.75) is 46.5 Å². The molecule has 0 aromatic carbocycles. The number of ketones is 1. The summed E-state index contributed by atoms with van der Waals surface area (Å²) in [7, 11) is 0. The van der Waals surface area contributed by atoms with Crippen LogP contribution in [0.2, 0.25) is 0 Å². The maximum absolute atomic E-state index is 12.5. The number of pyridine rings is 1. The SMILES string of the molecule is CC1=C(c2cnc(CC(=O)c3ccncc3C)s2)CC(C)CC1. The fourth-order valence-electron chi connectivity index (χ4n) is 3.10. The molecule has 2 aromatic heterocycles. The minimum Gasteiger partial charge on any atom is -0.294 e. The van der Waals surface area contributed by atoms with Crippen molar-refractivity contribution in [3.05, 3.63) is 51.2 Å². The molecule has 1 atom stereocenters. The molecule has 2 heterocycles. The maximum atomic E-state index is 12.5. The topological polar surface area (TPSA) is 42.9 Å². The van der Waals surface area contributed by atoms with Crippen molar-refractivity contribution in [1.29, 1.82) is 0 Å². The number of rotatable bonds is 4. The summed E-state index contributed by atoms with van der Waals surface area (Å²) in [5.41, 5.74) is 4.60. The second kappa shape index (κ2) is 6.75. The Morgan fingerprint density at radius 3 is 2.96 bits per heavy atom. The van der Waals surface area contributed by atoms with Gasteiger partial charge in [0.25, 0.3) is 0 Å². The first-order valence-electron chi connectivity index (χ1n) is 8.12. The Morgan fingerprint density at radius 1 is 1.35 bits per heavy atom. The highest BCUT2D eigenvalue weighted by atomic mass is 32.1. The van der Waals surface area contributed by atoms with Crippen molar-refractivity contribution in [2.75, 3.05) is 0 Å². The van der Waals surface area contributed by atoms with Crippen molar-refractivity contribution in [2.24, 2.45) is 5.92 Å². The summed E-state index contributed by atoms with van der Waals surface area (Å²) in [5.74, 6) is 0.855. The lowest BCUT2D eigenvalue weighted by molar-refractivity contribution is 0.0992. The molecule has 1 aliphatic carbocycles. The molecule has 120 valence electrons. The van der Waals surface area contributed by atoms with Crippen LogP contribution in [0.25, 0.3) is 5.57 Å². The van der Waals surface area contributed by atoms with Crippen molar-refractivity contribution in [3.63, 3.8) is 0 Å². The number of hydrogen-bond acceptors (Lipinski definition) is 4. The molecule has 0 amide bonds. The molecule has 1 aliphatic rings. The predicted octanol–water partition coefficient (Wildman–Crippen LogP) is 4.87. The third kappa shape index (κ3) is 3.58. The van der Waals surface area contributed by atoms with Gasteiger partial charge in [0, 0.05) is 24.2 Å². The first-order chi connectivity index (χ1) is 11.0. The number of carbonyl (C=O) groups is 1. The summed E-state index contributed by atoms with van der Waals surface area (Å²) in [4.78, 5) is 22.2. The highest BCUT2D eigenvalue weighted by molar-refractivity contribution is 7.12. The summed E-state index contributed by atoms with van der Waals surface area (Å²) in [6.07, 6.45) is 9.31. The van der Waals surface area contributed by atoms with Gasteiger partial charge in [-0.2, -0.15) is 0 Å². The third-order valence-electron chi connectivity index (χ3n) is 4.56. The Kier molecular flexibility index (Phi) is 4.71. The van der Waals surface area contributed by atoms with Crippen LogP contribution >= 0.6 is 11.3 Å². The lowest BCUT2D eigenvalue weighted by atomic mass is 9.85. The number of hydrogen-bond donors (Lipinski definition) is 0. The molecule has 0 spiro atoms. The molecule has 1 unspecified atom stereocenters. The van der Waals surface area contributed by atoms with E-state index in [4.69, 9.17) is 0 Å². The minimum atomic E-state index is 0.119. The van der Waals surface area contributed by atoms with Gasteiger partial charge in [-0.15, -0.1) is 11.3 Å². The van der Waals surface area contributed by atoms with E-state index in [9.17, 15) is 4.79 Å². The van der Waals surface area contributed by atoms with Crippen molar-refractivity contribution in [3.8, 4) is 0 Å². The molecule has 23 heavy (non-hydrogen) atoms. The van der Waals surface area contributed by atoms with Gasteiger partial charge in [0.1, 0.15) is 5.01 Å². The van der Waals surface area contributed by atoms with Gasteiger partial charge in [-0.1, -0.05) is 12.5 Å². The Morgan fingerprint density at radius 2 is 2.17 bits per heavy atom. The number of aryl methyl sites for hydroxylation is 1. The standard InChI is InChI=1S/C19H22N2OS/c1-12-4-5-13(2)16(8-12)18-11-21-19(23-18)9-17(22)15-6-7-20-10-14(15)3/h6-7,10-12H,4-5,8-9H2,1-3H3. The van der Waals surface area contributed by atoms with E-state index in [2.05, 4.69) is 23.8 Å². The van der Waals surface area contributed by atoms with Crippen LogP contribution in [-0.2, 0) is 6.42 Å². The van der Waals surface area contributed by atoms with E-state index in [0.29, 0.717) is 6.42 Å². The zero-order valence-electron chi connectivity index (χ0n) is 13.9. The van der Waals surface area contributed by atoms with Gasteiger partial charge < -0.3 is 0 Å². The summed E-state index contributed by atoms with van der Waals surface area (Å²) >= 11 is 1.67. The Hall–Kier alpha value is -1.81. The van der Waals surface area contributed by atoms with Crippen LogP contribution in [0.15, 0.2) is 30.2 Å². The predicted molar refractivity (Wildman–Crippen MR) is 94.7 cm³/mol. The minimum absolute atomic E-state index is 0.119. The lowest BCUT2D eigenvalue weighted by Gasteiger charge is -2.22. The van der Waals surface area contributed by atoms with E-state index in [0.717, 1.165) is 28.5 Å². The summed E-state index contributed by atoms with van der Waals surface area (Å²) in [6.45, 7) is 6.46. The number of Topliss-reactive ketones (excluding diaryl/α,β-unsaturated/α-hetero) is 1. The van der Waals surface area contributed by atoms with Gasteiger partial charge in [-0.3, -0.25) is 9.78 Å². The van der Waals surface area contributed by atoms with Gasteiger partial charge in [-0.05, 0) is 56.2 Å². The van der Waals surface area contributed by atoms with Gasteiger partial charge in [0.05, 0.1) is 11.3 Å². The van der Waals surface area contributed by atoms with E-state index < -0.39 is 0 Å². The molecule has 0 N–H and O–H groups in total. The van der Waals surface area contributed by atoms with Crippen LogP contribution in [-0.4, -0.2) is 15.8 Å². The Labute approximate surface area is 141 Å². The second-order valence-electron chi connectivity index (χ2n) is 6.52. The van der Waals surface area contributed by atoms with Crippen LogP contribution in [0.1, 0.15) is 58.9 Å². The summed E-state index contributed by atoms with van der Waals surface area (Å²) in [5, 5.41) is 0.903. The molecule has 0 fully saturated rings. The third-order valence-corrected chi connectivity index (χ3v) is 5.62. The average Bonchev–Trinajstić information content (AvgIpc) is 2.98. The normalized spacial score (nSPS) is 18.3. The van der Waals surface area contributed by atoms with E-state index in [1.54, 1.807) is 29.8 Å². The highest BCUT2D eigenvalue weighted by Gasteiger charge is 2.19. The number of aromatic nitrogens is 2. The molecule has 0 bridgehead atoms. The number of nitrogens with zero attached hydrogens (tertiary/aromatic N) is 2. The van der Waals surface area contributed by atoms with E-state index in [1.165, 1.54) is 28.9 Å². The molecule has 0 saturated heterocycles. The first kappa shape index (κ1) is 16.1. The van der Waals surface area contributed by atoms with Gasteiger partial charge in [0.2, 0.25) is 0 Å². The molecule has 2 aromatic rings. The molecule has 4 heteroatoms. The first-order valence-corrected chi connectivity index (χ1v) is 8.93. The molecular formula is C19H22N2OS. The monoisotopic (exact) mass is 326 g/mol. The second-order valence-corrected chi connectivity index (χ2v) is 7.63. The number of carbonyl (C=O) groups excluding carboxylic acids is 1. The Bertz CT molecular complexity index is 760. The van der Waals surface area contributed by atoms with Crippen molar-refractivity contribution >= 4 is 22.7 Å². The molecule has 0 saturated carbocycles. The quantitative estimate of drug-likeness (QED) is 0.753. The van der Waals surface area contributed by atoms with Crippen LogP contribution in [0.4, 0.5) is 0 Å². The zero-order valence-corrected chi connectivity index (χ0v) is 14.7. The fraction of sp³-hybridized carbons (Fsp3) is 0.421. The van der Waals surface area contributed by atoms with Gasteiger partial charge in [-0.25, -0.2) is 4.98 Å². The summed E-state index contributed by atoms with van der Waals surface area (Å²) < 4.78 is 0. The smallest absolute Gasteiger partial charge is 0.170 e. The zero-order chi connectivity index (χ0) is 16.4. The molecule has 0 aliphatic heterocycles. The van der Waals surface area contributed by atoms with E-state index in [-0.39, 0.29) is 5.78 Å². The van der Waals surface area contributed by atoms with Crippen molar-refractivity contribution < 1.29 is 4.79 Å². The molecule has 3 rings (SSSR count).